The first kappa shape index (κ1) is 18.2. The molecule has 0 unspecified atom stereocenters. The van der Waals surface area contributed by atoms with Crippen molar-refractivity contribution in [1.29, 1.82) is 0 Å². The van der Waals surface area contributed by atoms with Crippen LogP contribution in [0, 0.1) is 0 Å². The molecule has 2 N–H and O–H groups in total. The van der Waals surface area contributed by atoms with Crippen LogP contribution in [0.2, 0.25) is 0 Å². The van der Waals surface area contributed by atoms with Gasteiger partial charge in [0.2, 0.25) is 11.8 Å². The van der Waals surface area contributed by atoms with Crippen molar-refractivity contribution in [2.45, 2.75) is 26.7 Å². The van der Waals surface area contributed by atoms with Gasteiger partial charge in [-0.3, -0.25) is 0 Å². The first-order valence-corrected chi connectivity index (χ1v) is 6.70. The highest BCUT2D eigenvalue weighted by atomic mass is 16.5. The number of nitrogens with zero attached hydrogens (tertiary/aromatic N) is 3. The predicted octanol–water partition coefficient (Wildman–Crippen LogP) is 1.12. The van der Waals surface area contributed by atoms with E-state index in [0.29, 0.717) is 11.8 Å². The highest BCUT2D eigenvalue weighted by Crippen LogP contribution is 2.04. The number of nitrogens with one attached hydrogen (secondary N) is 1. The minimum absolute atomic E-state index is 0.188. The van der Waals surface area contributed by atoms with Gasteiger partial charge in [-0.05, 0) is 13.3 Å². The van der Waals surface area contributed by atoms with E-state index >= 15 is 0 Å². The maximum absolute atomic E-state index is 8.74. The number of aliphatic imine (C=N–C) groups is 2. The van der Waals surface area contributed by atoms with E-state index < -0.39 is 0 Å². The summed E-state index contributed by atoms with van der Waals surface area (Å²) in [7, 11) is 3.04. The molecule has 0 atom stereocenters. The second-order valence-corrected chi connectivity index (χ2v) is 3.86. The van der Waals surface area contributed by atoms with Crippen LogP contribution in [-0.4, -0.2) is 56.4 Å². The Balaban J connectivity index is 5.12. The van der Waals surface area contributed by atoms with Gasteiger partial charge in [0, 0.05) is 13.1 Å². The number of hydrogen-bond acceptors (Lipinski definition) is 5. The molecule has 0 saturated carbocycles. The zero-order valence-corrected chi connectivity index (χ0v) is 12.8. The smallest absolute Gasteiger partial charge is 0.232 e. The Hall–Kier alpha value is -1.76. The summed E-state index contributed by atoms with van der Waals surface area (Å²) in [6, 6.07) is 0. The normalized spacial score (nSPS) is 12.7. The standard InChI is InChI=1S/C13H26N4O3/c1-5-7-8-17(6-2)13(15-11-19-3)16-12(20-4)9-14-10-18/h9,11,14,18H,5-8,10H2,1-4H3/b12-9-,15-11?,16-13?. The molecule has 0 bridgehead atoms. The number of aliphatic hydroxyl groups is 1. The third kappa shape index (κ3) is 7.63. The van der Waals surface area contributed by atoms with Crippen molar-refractivity contribution in [2.75, 3.05) is 34.0 Å². The molecule has 7 heteroatoms. The van der Waals surface area contributed by atoms with E-state index in [9.17, 15) is 0 Å². The van der Waals surface area contributed by atoms with E-state index in [1.807, 2.05) is 11.8 Å². The molecular formula is C13H26N4O3. The summed E-state index contributed by atoms with van der Waals surface area (Å²) in [6.45, 7) is 5.62. The Kier molecular flexibility index (Phi) is 11.2. The third-order valence-corrected chi connectivity index (χ3v) is 2.46. The van der Waals surface area contributed by atoms with Gasteiger partial charge in [0.15, 0.2) is 6.40 Å². The number of unbranched alkanes of at least 4 members (excludes halogenated alkanes) is 1. The minimum Gasteiger partial charge on any atom is -0.486 e. The molecular weight excluding hydrogens is 260 g/mol. The molecule has 0 aliphatic carbocycles. The molecule has 20 heavy (non-hydrogen) atoms. The highest BCUT2D eigenvalue weighted by molar-refractivity contribution is 5.86. The van der Waals surface area contributed by atoms with E-state index in [0.717, 1.165) is 25.9 Å². The van der Waals surface area contributed by atoms with Gasteiger partial charge in [-0.2, -0.15) is 9.98 Å². The Morgan fingerprint density at radius 1 is 1.35 bits per heavy atom. The summed E-state index contributed by atoms with van der Waals surface area (Å²) in [4.78, 5) is 10.5. The molecule has 0 saturated heterocycles. The lowest BCUT2D eigenvalue weighted by Gasteiger charge is -2.21. The van der Waals surface area contributed by atoms with E-state index in [2.05, 4.69) is 22.2 Å². The van der Waals surface area contributed by atoms with Gasteiger partial charge in [0.1, 0.15) is 6.73 Å². The first-order chi connectivity index (χ1) is 9.73. The number of ether oxygens (including phenoxy) is 2. The van der Waals surface area contributed by atoms with Crippen LogP contribution in [0.3, 0.4) is 0 Å². The molecule has 0 aromatic rings. The average Bonchev–Trinajstić information content (AvgIpc) is 2.48. The number of methoxy groups -OCH3 is 2. The van der Waals surface area contributed by atoms with Gasteiger partial charge < -0.3 is 24.8 Å². The first-order valence-electron chi connectivity index (χ1n) is 6.70. The number of aliphatic hydroxyl groups excluding tert-OH is 1. The molecule has 0 rings (SSSR count). The number of rotatable bonds is 9. The maximum Gasteiger partial charge on any atom is 0.232 e. The third-order valence-electron chi connectivity index (χ3n) is 2.46. The van der Waals surface area contributed by atoms with Crippen molar-refractivity contribution in [1.82, 2.24) is 10.2 Å². The van der Waals surface area contributed by atoms with E-state index in [4.69, 9.17) is 14.6 Å². The van der Waals surface area contributed by atoms with Crippen molar-refractivity contribution >= 4 is 12.4 Å². The van der Waals surface area contributed by atoms with Crippen LogP contribution in [0.1, 0.15) is 26.7 Å². The fraction of sp³-hybridized carbons (Fsp3) is 0.692. The van der Waals surface area contributed by atoms with Crippen LogP contribution in [0.25, 0.3) is 0 Å². The summed E-state index contributed by atoms with van der Waals surface area (Å²) >= 11 is 0. The lowest BCUT2D eigenvalue weighted by molar-refractivity contribution is 0.261. The Bertz CT molecular complexity index is 330. The summed E-state index contributed by atoms with van der Waals surface area (Å²) in [6.07, 6.45) is 4.96. The topological polar surface area (TPSA) is 78.7 Å². The molecule has 0 fully saturated rings. The molecule has 0 aromatic heterocycles. The average molecular weight is 286 g/mol. The van der Waals surface area contributed by atoms with Crippen molar-refractivity contribution in [2.24, 2.45) is 9.98 Å². The molecule has 0 aliphatic heterocycles. The van der Waals surface area contributed by atoms with Gasteiger partial charge in [-0.25, -0.2) is 0 Å². The Morgan fingerprint density at radius 2 is 2.10 bits per heavy atom. The molecule has 0 amide bonds. The Labute approximate surface area is 121 Å². The van der Waals surface area contributed by atoms with E-state index in [-0.39, 0.29) is 6.73 Å². The summed E-state index contributed by atoms with van der Waals surface area (Å²) in [5.74, 6) is 0.841. The van der Waals surface area contributed by atoms with Gasteiger partial charge in [0.05, 0.1) is 20.4 Å². The van der Waals surface area contributed by atoms with Crippen LogP contribution in [0.15, 0.2) is 22.1 Å². The number of hydrogen-bond donors (Lipinski definition) is 2. The summed E-state index contributed by atoms with van der Waals surface area (Å²) < 4.78 is 9.97. The summed E-state index contributed by atoms with van der Waals surface area (Å²) in [5.41, 5.74) is 0. The Morgan fingerprint density at radius 3 is 2.60 bits per heavy atom. The lowest BCUT2D eigenvalue weighted by atomic mass is 10.3. The highest BCUT2D eigenvalue weighted by Gasteiger charge is 2.09. The minimum atomic E-state index is -0.188. The zero-order valence-electron chi connectivity index (χ0n) is 12.8. The quantitative estimate of drug-likeness (QED) is 0.287. The van der Waals surface area contributed by atoms with Crippen molar-refractivity contribution < 1.29 is 14.6 Å². The van der Waals surface area contributed by atoms with E-state index in [1.54, 1.807) is 0 Å². The fourth-order valence-corrected chi connectivity index (χ4v) is 1.40. The van der Waals surface area contributed by atoms with Crippen LogP contribution in [0.4, 0.5) is 0 Å². The predicted molar refractivity (Wildman–Crippen MR) is 80.4 cm³/mol. The number of guanidine groups is 1. The van der Waals surface area contributed by atoms with Crippen LogP contribution >= 0.6 is 0 Å². The second-order valence-electron chi connectivity index (χ2n) is 3.86. The molecule has 0 aromatic carbocycles. The van der Waals surface area contributed by atoms with Gasteiger partial charge >= 0.3 is 0 Å². The van der Waals surface area contributed by atoms with Gasteiger partial charge in [0.25, 0.3) is 0 Å². The molecule has 0 spiro atoms. The molecule has 0 aliphatic rings. The summed E-state index contributed by atoms with van der Waals surface area (Å²) in [5, 5.41) is 11.4. The second kappa shape index (κ2) is 12.3. The van der Waals surface area contributed by atoms with Gasteiger partial charge in [-0.15, -0.1) is 0 Å². The van der Waals surface area contributed by atoms with Crippen LogP contribution < -0.4 is 5.32 Å². The zero-order chi connectivity index (χ0) is 15.2. The molecule has 116 valence electrons. The lowest BCUT2D eigenvalue weighted by Crippen LogP contribution is -2.31. The molecule has 7 nitrogen and oxygen atoms in total. The maximum atomic E-state index is 8.74. The molecule has 0 radical (unpaired) electrons. The monoisotopic (exact) mass is 286 g/mol. The van der Waals surface area contributed by atoms with Gasteiger partial charge in [-0.1, -0.05) is 13.3 Å². The van der Waals surface area contributed by atoms with Crippen molar-refractivity contribution in [3.8, 4) is 0 Å². The fourth-order valence-electron chi connectivity index (χ4n) is 1.40. The SMILES string of the molecule is CCCCN(CC)C(N=COC)=N/C(=C/NCO)OC. The van der Waals surface area contributed by atoms with Crippen molar-refractivity contribution in [3.05, 3.63) is 12.1 Å². The van der Waals surface area contributed by atoms with Crippen LogP contribution in [0.5, 0.6) is 0 Å². The van der Waals surface area contributed by atoms with Crippen LogP contribution in [-0.2, 0) is 9.47 Å². The van der Waals surface area contributed by atoms with Crippen molar-refractivity contribution in [3.63, 3.8) is 0 Å². The molecule has 0 heterocycles. The van der Waals surface area contributed by atoms with E-state index in [1.165, 1.54) is 26.8 Å². The largest absolute Gasteiger partial charge is 0.486 e.